The Morgan fingerprint density at radius 1 is 1.04 bits per heavy atom. The first kappa shape index (κ1) is 33.3. The van der Waals surface area contributed by atoms with Crippen LogP contribution in [0.15, 0.2) is 76.6 Å². The van der Waals surface area contributed by atoms with Gasteiger partial charge in [0.25, 0.3) is 11.8 Å². The summed E-state index contributed by atoms with van der Waals surface area (Å²) in [5.41, 5.74) is 3.08. The van der Waals surface area contributed by atoms with Crippen LogP contribution in [0.1, 0.15) is 80.4 Å². The van der Waals surface area contributed by atoms with E-state index in [4.69, 9.17) is 10.4 Å². The second-order valence-electron chi connectivity index (χ2n) is 13.1. The molecule has 3 N–H and O–H groups in total. The zero-order valence-electron chi connectivity index (χ0n) is 28.1. The highest BCUT2D eigenvalue weighted by molar-refractivity contribution is 6.06. The molecular weight excluding hydrogens is 614 g/mol. The highest BCUT2D eigenvalue weighted by Crippen LogP contribution is 2.35. The summed E-state index contributed by atoms with van der Waals surface area (Å²) in [5, 5.41) is 14.7. The zero-order chi connectivity index (χ0) is 34.5. The van der Waals surface area contributed by atoms with Crippen LogP contribution in [0.2, 0.25) is 0 Å². The van der Waals surface area contributed by atoms with Crippen molar-refractivity contribution in [2.24, 2.45) is 22.7 Å². The van der Waals surface area contributed by atoms with Crippen molar-refractivity contribution in [1.82, 2.24) is 14.1 Å². The number of aromatic nitrogens is 3. The monoisotopic (exact) mass is 655 g/mol. The van der Waals surface area contributed by atoms with Gasteiger partial charge in [0.1, 0.15) is 11.5 Å². The minimum Gasteiger partial charge on any atom is -0.315 e. The number of carbonyl (C=O) groups excluding carboxylic acids is 2. The van der Waals surface area contributed by atoms with Crippen molar-refractivity contribution in [3.63, 3.8) is 0 Å². The highest BCUT2D eigenvalue weighted by atomic mass is 16.2. The standard InChI is InChI=1S/C39H41N7O3/c1-4-27-22-33(40)36-37(42-24-27)46(32-9-6-8-30(23-32)43-35(47)10-5-7-25(2)11-12-28-13-14-28)39(49)45(36)31-17-15-29(16-18-31)38(48)44-34-21-26(3)19-20-41-34/h6,8-9,15-21,23-25,27-28,40H,4,7,11-14,22H2,1-3H3,(H,43,47)(H,41,44,48). The van der Waals surface area contributed by atoms with E-state index < -0.39 is 11.6 Å². The van der Waals surface area contributed by atoms with Gasteiger partial charge in [-0.2, -0.15) is 0 Å². The first-order valence-electron chi connectivity index (χ1n) is 16.9. The summed E-state index contributed by atoms with van der Waals surface area (Å²) in [6.07, 6.45) is 10.4. The minimum atomic E-state index is -0.425. The molecule has 3 heterocycles. The van der Waals surface area contributed by atoms with Crippen molar-refractivity contribution >= 4 is 41.1 Å². The summed E-state index contributed by atoms with van der Waals surface area (Å²) in [5.74, 6) is 7.15. The van der Waals surface area contributed by atoms with Gasteiger partial charge in [0.15, 0.2) is 5.82 Å². The van der Waals surface area contributed by atoms with E-state index in [-0.39, 0.29) is 17.5 Å². The van der Waals surface area contributed by atoms with Gasteiger partial charge >= 0.3 is 5.69 Å². The van der Waals surface area contributed by atoms with Crippen LogP contribution in [0.4, 0.5) is 17.3 Å². The summed E-state index contributed by atoms with van der Waals surface area (Å²) in [6, 6.07) is 17.3. The average molecular weight is 656 g/mol. The molecule has 6 rings (SSSR count). The number of aliphatic imine (C=N–C) groups is 1. The molecule has 2 aromatic carbocycles. The van der Waals surface area contributed by atoms with Crippen LogP contribution in [-0.2, 0) is 4.79 Å². The molecule has 0 spiro atoms. The summed E-state index contributed by atoms with van der Waals surface area (Å²) in [7, 11) is 0. The Kier molecular flexibility index (Phi) is 10.00. The number of hydrogen-bond acceptors (Lipinski definition) is 6. The predicted octanol–water partition coefficient (Wildman–Crippen LogP) is 7.24. The number of hydrogen-bond donors (Lipinski definition) is 3. The van der Waals surface area contributed by atoms with Crippen LogP contribution in [-0.4, -0.2) is 37.9 Å². The molecule has 2 aromatic heterocycles. The van der Waals surface area contributed by atoms with E-state index in [1.54, 1.807) is 67.0 Å². The van der Waals surface area contributed by atoms with Gasteiger partial charge in [-0.25, -0.2) is 19.3 Å². The fourth-order valence-electron chi connectivity index (χ4n) is 5.96. The van der Waals surface area contributed by atoms with Gasteiger partial charge < -0.3 is 16.0 Å². The molecule has 0 saturated heterocycles. The first-order valence-corrected chi connectivity index (χ1v) is 16.9. The van der Waals surface area contributed by atoms with Gasteiger partial charge in [-0.1, -0.05) is 45.1 Å². The first-order chi connectivity index (χ1) is 23.7. The molecule has 2 unspecified atom stereocenters. The molecule has 1 aliphatic heterocycles. The van der Waals surface area contributed by atoms with Crippen LogP contribution >= 0.6 is 0 Å². The molecule has 10 nitrogen and oxygen atoms in total. The average Bonchev–Trinajstić information content (AvgIpc) is 3.89. The molecule has 2 aliphatic rings. The fraction of sp³-hybridized carbons (Fsp3) is 0.333. The number of aryl methyl sites for hydroxylation is 1. The Labute approximate surface area is 286 Å². The third kappa shape index (κ3) is 7.95. The van der Waals surface area contributed by atoms with Gasteiger partial charge in [-0.3, -0.25) is 14.2 Å². The van der Waals surface area contributed by atoms with Gasteiger partial charge in [0.2, 0.25) is 0 Å². The number of nitrogens with zero attached hydrogens (tertiary/aromatic N) is 4. The van der Waals surface area contributed by atoms with Gasteiger partial charge in [-0.05, 0) is 110 Å². The van der Waals surface area contributed by atoms with E-state index in [1.807, 2.05) is 19.9 Å². The van der Waals surface area contributed by atoms with Crippen LogP contribution in [0.25, 0.3) is 11.4 Å². The summed E-state index contributed by atoms with van der Waals surface area (Å²) in [6.45, 7) is 6.14. The van der Waals surface area contributed by atoms with E-state index in [0.717, 1.165) is 24.3 Å². The Morgan fingerprint density at radius 2 is 1.84 bits per heavy atom. The summed E-state index contributed by atoms with van der Waals surface area (Å²) in [4.78, 5) is 48.9. The predicted molar refractivity (Wildman–Crippen MR) is 194 cm³/mol. The number of carbonyl (C=O) groups is 2. The largest absolute Gasteiger partial charge is 0.339 e. The Hall–Kier alpha value is -5.56. The van der Waals surface area contributed by atoms with Crippen LogP contribution in [0.5, 0.6) is 0 Å². The summed E-state index contributed by atoms with van der Waals surface area (Å²) >= 11 is 0. The lowest BCUT2D eigenvalue weighted by molar-refractivity contribution is -0.111. The van der Waals surface area contributed by atoms with Crippen molar-refractivity contribution in [2.75, 3.05) is 10.6 Å². The third-order valence-corrected chi connectivity index (χ3v) is 9.04. The van der Waals surface area contributed by atoms with E-state index >= 15 is 0 Å². The van der Waals surface area contributed by atoms with Crippen molar-refractivity contribution in [3.05, 3.63) is 94.2 Å². The lowest BCUT2D eigenvalue weighted by Gasteiger charge is -2.11. The molecule has 0 radical (unpaired) electrons. The van der Waals surface area contributed by atoms with Crippen LogP contribution in [0.3, 0.4) is 0 Å². The van der Waals surface area contributed by atoms with Gasteiger partial charge in [0.05, 0.1) is 17.1 Å². The number of anilines is 2. The Balaban J connectivity index is 1.28. The summed E-state index contributed by atoms with van der Waals surface area (Å²) < 4.78 is 2.93. The third-order valence-electron chi connectivity index (χ3n) is 9.04. The van der Waals surface area contributed by atoms with Gasteiger partial charge in [0, 0.05) is 30.1 Å². The SMILES string of the molecule is CCC1C=Nc2c(n(-c3ccc(C(=O)Nc4cc(C)ccn4)cc3)c(=O)n2-c2cccc(NC(=O)C#CCC(C)CCC3CC3)c2)C(=N)C1. The number of fused-ring (bicyclic) bond motifs is 1. The van der Waals surface area contributed by atoms with Crippen molar-refractivity contribution < 1.29 is 9.59 Å². The molecule has 2 atom stereocenters. The lowest BCUT2D eigenvalue weighted by atomic mass is 10.00. The quantitative estimate of drug-likeness (QED) is 0.155. The topological polar surface area (TPSA) is 134 Å². The molecule has 2 amide bonds. The van der Waals surface area contributed by atoms with Crippen LogP contribution in [0, 0.1) is 41.9 Å². The van der Waals surface area contributed by atoms with Crippen molar-refractivity contribution in [2.45, 2.75) is 65.7 Å². The maximum atomic E-state index is 14.3. The number of pyridine rings is 1. The minimum absolute atomic E-state index is 0.0406. The second kappa shape index (κ2) is 14.7. The number of nitrogens with one attached hydrogen (secondary N) is 3. The molecule has 4 aromatic rings. The molecule has 10 heteroatoms. The maximum absolute atomic E-state index is 14.3. The van der Waals surface area contributed by atoms with Crippen molar-refractivity contribution in [3.8, 4) is 23.2 Å². The number of imidazole rings is 1. The molecule has 0 bridgehead atoms. The Morgan fingerprint density at radius 3 is 2.57 bits per heavy atom. The smallest absolute Gasteiger partial charge is 0.315 e. The fourth-order valence-corrected chi connectivity index (χ4v) is 5.96. The van der Waals surface area contributed by atoms with Crippen LogP contribution < -0.4 is 16.3 Å². The van der Waals surface area contributed by atoms with E-state index in [9.17, 15) is 14.4 Å². The lowest BCUT2D eigenvalue weighted by Crippen LogP contribution is -2.25. The maximum Gasteiger partial charge on any atom is 0.339 e. The molecule has 1 aliphatic carbocycles. The van der Waals surface area contributed by atoms with E-state index in [1.165, 1.54) is 28.4 Å². The molecule has 49 heavy (non-hydrogen) atoms. The number of benzene rings is 2. The zero-order valence-corrected chi connectivity index (χ0v) is 28.1. The number of rotatable bonds is 10. The van der Waals surface area contributed by atoms with E-state index in [2.05, 4.69) is 34.4 Å². The van der Waals surface area contributed by atoms with E-state index in [0.29, 0.717) is 58.7 Å². The van der Waals surface area contributed by atoms with Gasteiger partial charge in [-0.15, -0.1) is 0 Å². The molecule has 250 valence electrons. The van der Waals surface area contributed by atoms with Crippen molar-refractivity contribution in [1.29, 1.82) is 5.41 Å². The molecule has 1 saturated carbocycles. The second-order valence-corrected chi connectivity index (χ2v) is 13.1. The normalized spacial score (nSPS) is 15.8. The highest BCUT2D eigenvalue weighted by Gasteiger charge is 2.28. The Bertz CT molecular complexity index is 2040. The molecular formula is C39H41N7O3. The molecule has 1 fully saturated rings. The number of amides is 2.